The molecule has 0 saturated heterocycles. The molecule has 0 N–H and O–H groups in total. The highest BCUT2D eigenvalue weighted by molar-refractivity contribution is 6.17. The van der Waals surface area contributed by atoms with E-state index in [1.807, 2.05) is 6.92 Å². The monoisotopic (exact) mass is 246 g/mol. The van der Waals surface area contributed by atoms with E-state index in [9.17, 15) is 4.39 Å². The topological polar surface area (TPSA) is 18.5 Å². The summed E-state index contributed by atoms with van der Waals surface area (Å²) in [6.07, 6.45) is 0.498. The van der Waals surface area contributed by atoms with Crippen LogP contribution in [0.25, 0.3) is 0 Å². The van der Waals surface area contributed by atoms with E-state index in [0.717, 1.165) is 6.42 Å². The summed E-state index contributed by atoms with van der Waals surface area (Å²) < 4.78 is 24.0. The van der Waals surface area contributed by atoms with E-state index in [2.05, 4.69) is 0 Å². The van der Waals surface area contributed by atoms with Gasteiger partial charge in [0.25, 0.3) is 0 Å². The van der Waals surface area contributed by atoms with Gasteiger partial charge < -0.3 is 9.47 Å². The third kappa shape index (κ3) is 3.65. The zero-order chi connectivity index (χ0) is 12.0. The standard InChI is InChI=1S/C12H16ClFO2/c1-9(16-7-3-6-13)11-5-4-10(15-2)8-12(11)14/h4-5,8-9H,3,6-7H2,1-2H3. The van der Waals surface area contributed by atoms with Gasteiger partial charge in [-0.2, -0.15) is 0 Å². The highest BCUT2D eigenvalue weighted by Gasteiger charge is 2.11. The molecule has 1 aromatic rings. The molecule has 0 spiro atoms. The van der Waals surface area contributed by atoms with Gasteiger partial charge in [-0.1, -0.05) is 0 Å². The molecule has 4 heteroatoms. The third-order valence-electron chi connectivity index (χ3n) is 2.29. The SMILES string of the molecule is COc1ccc(C(C)OCCCCl)c(F)c1. The van der Waals surface area contributed by atoms with Crippen molar-refractivity contribution in [1.29, 1.82) is 0 Å². The number of alkyl halides is 1. The Balaban J connectivity index is 2.64. The van der Waals surface area contributed by atoms with Crippen molar-refractivity contribution >= 4 is 11.6 Å². The van der Waals surface area contributed by atoms with Crippen molar-refractivity contribution in [2.75, 3.05) is 19.6 Å². The first-order valence-corrected chi connectivity index (χ1v) is 5.73. The molecule has 0 saturated carbocycles. The quantitative estimate of drug-likeness (QED) is 0.565. The normalized spacial score (nSPS) is 12.5. The van der Waals surface area contributed by atoms with Crippen LogP contribution in [-0.2, 0) is 4.74 Å². The van der Waals surface area contributed by atoms with Crippen molar-refractivity contribution in [1.82, 2.24) is 0 Å². The molecule has 0 fully saturated rings. The van der Waals surface area contributed by atoms with Crippen molar-refractivity contribution in [2.24, 2.45) is 0 Å². The zero-order valence-corrected chi connectivity index (χ0v) is 10.3. The molecule has 90 valence electrons. The Labute approximate surface area is 100 Å². The minimum absolute atomic E-state index is 0.269. The Hall–Kier alpha value is -0.800. The maximum Gasteiger partial charge on any atom is 0.132 e. The van der Waals surface area contributed by atoms with Gasteiger partial charge in [0.1, 0.15) is 11.6 Å². The molecule has 0 amide bonds. The first-order valence-electron chi connectivity index (χ1n) is 5.20. The molecule has 0 aliphatic heterocycles. The van der Waals surface area contributed by atoms with E-state index in [4.69, 9.17) is 21.1 Å². The largest absolute Gasteiger partial charge is 0.497 e. The summed E-state index contributed by atoms with van der Waals surface area (Å²) in [5, 5.41) is 0. The first kappa shape index (κ1) is 13.3. The second kappa shape index (κ2) is 6.71. The Morgan fingerprint density at radius 3 is 2.75 bits per heavy atom. The Morgan fingerprint density at radius 2 is 2.19 bits per heavy atom. The van der Waals surface area contributed by atoms with Gasteiger partial charge in [0, 0.05) is 24.1 Å². The zero-order valence-electron chi connectivity index (χ0n) is 9.50. The predicted molar refractivity (Wildman–Crippen MR) is 62.7 cm³/mol. The molecule has 0 aromatic heterocycles. The lowest BCUT2D eigenvalue weighted by atomic mass is 10.1. The van der Waals surface area contributed by atoms with Crippen LogP contribution in [0, 0.1) is 5.82 Å². The van der Waals surface area contributed by atoms with Gasteiger partial charge in [-0.3, -0.25) is 0 Å². The van der Waals surface area contributed by atoms with E-state index in [0.29, 0.717) is 23.8 Å². The van der Waals surface area contributed by atoms with Crippen LogP contribution in [0.1, 0.15) is 25.0 Å². The van der Waals surface area contributed by atoms with E-state index < -0.39 is 0 Å². The molecule has 0 aliphatic carbocycles. The lowest BCUT2D eigenvalue weighted by molar-refractivity contribution is 0.0641. The van der Waals surface area contributed by atoms with Gasteiger partial charge in [-0.25, -0.2) is 4.39 Å². The number of halogens is 2. The number of methoxy groups -OCH3 is 1. The molecule has 0 heterocycles. The van der Waals surface area contributed by atoms with Gasteiger partial charge in [-0.05, 0) is 25.5 Å². The second-order valence-electron chi connectivity index (χ2n) is 3.44. The van der Waals surface area contributed by atoms with Gasteiger partial charge in [0.05, 0.1) is 13.2 Å². The fourth-order valence-corrected chi connectivity index (χ4v) is 1.48. The van der Waals surface area contributed by atoms with Gasteiger partial charge in [0.15, 0.2) is 0 Å². The molecule has 16 heavy (non-hydrogen) atoms. The van der Waals surface area contributed by atoms with Crippen LogP contribution in [0.2, 0.25) is 0 Å². The number of hydrogen-bond donors (Lipinski definition) is 0. The summed E-state index contributed by atoms with van der Waals surface area (Å²) in [6.45, 7) is 2.36. The molecular weight excluding hydrogens is 231 g/mol. The summed E-state index contributed by atoms with van der Waals surface area (Å²) in [7, 11) is 1.51. The Bertz CT molecular complexity index is 331. The summed E-state index contributed by atoms with van der Waals surface area (Å²) in [6, 6.07) is 4.76. The minimum atomic E-state index is -0.308. The molecule has 1 aromatic carbocycles. The van der Waals surface area contributed by atoms with Gasteiger partial charge in [0.2, 0.25) is 0 Å². The maximum atomic E-state index is 13.6. The van der Waals surface area contributed by atoms with Gasteiger partial charge in [-0.15, -0.1) is 11.6 Å². The Morgan fingerprint density at radius 1 is 1.44 bits per heavy atom. The van der Waals surface area contributed by atoms with E-state index >= 15 is 0 Å². The van der Waals surface area contributed by atoms with Crippen LogP contribution in [0.3, 0.4) is 0 Å². The number of hydrogen-bond acceptors (Lipinski definition) is 2. The fraction of sp³-hybridized carbons (Fsp3) is 0.500. The summed E-state index contributed by atoms with van der Waals surface area (Å²) in [4.78, 5) is 0. The van der Waals surface area contributed by atoms with Crippen molar-refractivity contribution in [3.8, 4) is 5.75 Å². The lowest BCUT2D eigenvalue weighted by Crippen LogP contribution is -2.04. The summed E-state index contributed by atoms with van der Waals surface area (Å²) in [5.74, 6) is 0.754. The van der Waals surface area contributed by atoms with Crippen LogP contribution in [-0.4, -0.2) is 19.6 Å². The first-order chi connectivity index (χ1) is 7.69. The average Bonchev–Trinajstić information content (AvgIpc) is 2.29. The number of benzene rings is 1. The molecule has 0 aliphatic rings. The molecule has 0 radical (unpaired) electrons. The number of ether oxygens (including phenoxy) is 2. The van der Waals surface area contributed by atoms with Crippen molar-refractivity contribution < 1.29 is 13.9 Å². The molecule has 1 unspecified atom stereocenters. The smallest absolute Gasteiger partial charge is 0.132 e. The summed E-state index contributed by atoms with van der Waals surface area (Å²) in [5.41, 5.74) is 0.537. The van der Waals surface area contributed by atoms with Crippen LogP contribution in [0.15, 0.2) is 18.2 Å². The van der Waals surface area contributed by atoms with Crippen molar-refractivity contribution in [3.63, 3.8) is 0 Å². The highest BCUT2D eigenvalue weighted by Crippen LogP contribution is 2.24. The average molecular weight is 247 g/mol. The van der Waals surface area contributed by atoms with E-state index in [1.165, 1.54) is 13.2 Å². The molecule has 1 rings (SSSR count). The highest BCUT2D eigenvalue weighted by atomic mass is 35.5. The molecule has 2 nitrogen and oxygen atoms in total. The maximum absolute atomic E-state index is 13.6. The Kier molecular flexibility index (Phi) is 5.56. The van der Waals surface area contributed by atoms with Crippen molar-refractivity contribution in [3.05, 3.63) is 29.6 Å². The third-order valence-corrected chi connectivity index (χ3v) is 2.56. The van der Waals surface area contributed by atoms with Crippen LogP contribution in [0.5, 0.6) is 5.75 Å². The molecular formula is C12H16ClFO2. The molecule has 0 bridgehead atoms. The number of rotatable bonds is 6. The van der Waals surface area contributed by atoms with Crippen LogP contribution < -0.4 is 4.74 Å². The predicted octanol–water partition coefficient (Wildman–Crippen LogP) is 3.54. The second-order valence-corrected chi connectivity index (χ2v) is 3.82. The van der Waals surface area contributed by atoms with Gasteiger partial charge >= 0.3 is 0 Å². The van der Waals surface area contributed by atoms with Crippen molar-refractivity contribution in [2.45, 2.75) is 19.4 Å². The minimum Gasteiger partial charge on any atom is -0.497 e. The van der Waals surface area contributed by atoms with Crippen LogP contribution >= 0.6 is 11.6 Å². The van der Waals surface area contributed by atoms with E-state index in [1.54, 1.807) is 12.1 Å². The van der Waals surface area contributed by atoms with Crippen LogP contribution in [0.4, 0.5) is 4.39 Å². The molecule has 1 atom stereocenters. The summed E-state index contributed by atoms with van der Waals surface area (Å²) >= 11 is 5.53. The van der Waals surface area contributed by atoms with E-state index in [-0.39, 0.29) is 11.9 Å². The fourth-order valence-electron chi connectivity index (χ4n) is 1.37. The lowest BCUT2D eigenvalue weighted by Gasteiger charge is -2.14.